The van der Waals surface area contributed by atoms with Crippen LogP contribution in [0.2, 0.25) is 0 Å². The molecular formula is C13H19N5O. The van der Waals surface area contributed by atoms with Crippen LogP contribution >= 0.6 is 0 Å². The molecule has 2 aromatic heterocycles. The molecule has 6 heteroatoms. The van der Waals surface area contributed by atoms with E-state index >= 15 is 0 Å². The second-order valence-electron chi connectivity index (χ2n) is 5.59. The van der Waals surface area contributed by atoms with E-state index in [4.69, 9.17) is 10.5 Å². The molecule has 2 aromatic rings. The molecule has 102 valence electrons. The SMILES string of the molecule is CCn1nc(C)c2nc(N)n(C3CC4CCC3O4)c21. The van der Waals surface area contributed by atoms with Crippen LogP contribution in [-0.4, -0.2) is 31.5 Å². The number of aromatic nitrogens is 4. The summed E-state index contributed by atoms with van der Waals surface area (Å²) in [5.74, 6) is 0.596. The largest absolute Gasteiger partial charge is 0.373 e. The molecule has 0 radical (unpaired) electrons. The maximum Gasteiger partial charge on any atom is 0.202 e. The lowest BCUT2D eigenvalue weighted by molar-refractivity contribution is 0.0944. The van der Waals surface area contributed by atoms with Gasteiger partial charge in [-0.3, -0.25) is 4.57 Å². The quantitative estimate of drug-likeness (QED) is 0.892. The van der Waals surface area contributed by atoms with Crippen LogP contribution < -0.4 is 5.73 Å². The fraction of sp³-hybridized carbons (Fsp3) is 0.692. The maximum absolute atomic E-state index is 6.16. The Kier molecular flexibility index (Phi) is 2.21. The van der Waals surface area contributed by atoms with Gasteiger partial charge in [-0.25, -0.2) is 9.67 Å². The van der Waals surface area contributed by atoms with Crippen molar-refractivity contribution in [1.29, 1.82) is 0 Å². The van der Waals surface area contributed by atoms with E-state index in [0.29, 0.717) is 24.2 Å². The number of aryl methyl sites for hydroxylation is 2. The van der Waals surface area contributed by atoms with Gasteiger partial charge < -0.3 is 10.5 Å². The van der Waals surface area contributed by atoms with Gasteiger partial charge in [0, 0.05) is 6.54 Å². The predicted octanol–water partition coefficient (Wildman–Crippen LogP) is 1.64. The van der Waals surface area contributed by atoms with Crippen molar-refractivity contribution in [2.24, 2.45) is 0 Å². The highest BCUT2D eigenvalue weighted by Gasteiger charge is 2.43. The van der Waals surface area contributed by atoms with Crippen LogP contribution in [0.15, 0.2) is 0 Å². The van der Waals surface area contributed by atoms with Crippen LogP contribution in [0.4, 0.5) is 5.95 Å². The topological polar surface area (TPSA) is 70.9 Å². The zero-order chi connectivity index (χ0) is 13.1. The maximum atomic E-state index is 6.16. The lowest BCUT2D eigenvalue weighted by atomic mass is 9.95. The first-order valence-corrected chi connectivity index (χ1v) is 7.05. The second kappa shape index (κ2) is 3.72. The first kappa shape index (κ1) is 11.3. The van der Waals surface area contributed by atoms with Crippen LogP contribution in [0.1, 0.15) is 37.9 Å². The molecular weight excluding hydrogens is 242 g/mol. The smallest absolute Gasteiger partial charge is 0.202 e. The number of fused-ring (bicyclic) bond motifs is 3. The standard InChI is InChI=1S/C13H19N5O/c1-3-17-12-11(7(2)16-17)15-13(14)18(12)9-6-8-4-5-10(9)19-8/h8-10H,3-6H2,1-2H3,(H2,14,15). The van der Waals surface area contributed by atoms with Crippen LogP contribution in [0, 0.1) is 6.92 Å². The second-order valence-corrected chi connectivity index (χ2v) is 5.59. The number of nitrogens with two attached hydrogens (primary N) is 1. The zero-order valence-electron chi connectivity index (χ0n) is 11.3. The lowest BCUT2D eigenvalue weighted by Gasteiger charge is -2.22. The van der Waals surface area contributed by atoms with Crippen LogP contribution in [0.5, 0.6) is 0 Å². The van der Waals surface area contributed by atoms with Gasteiger partial charge in [0.25, 0.3) is 0 Å². The number of hydrogen-bond acceptors (Lipinski definition) is 4. The Morgan fingerprint density at radius 2 is 2.26 bits per heavy atom. The molecule has 6 nitrogen and oxygen atoms in total. The first-order chi connectivity index (χ1) is 9.19. The Bertz CT molecular complexity index is 643. The number of rotatable bonds is 2. The van der Waals surface area contributed by atoms with Crippen molar-refractivity contribution in [2.75, 3.05) is 5.73 Å². The summed E-state index contributed by atoms with van der Waals surface area (Å²) in [6.07, 6.45) is 4.07. The summed E-state index contributed by atoms with van der Waals surface area (Å²) in [6.45, 7) is 4.91. The van der Waals surface area contributed by atoms with Gasteiger partial charge in [-0.15, -0.1) is 0 Å². The third kappa shape index (κ3) is 1.40. The molecule has 3 atom stereocenters. The molecule has 2 fully saturated rings. The highest BCUT2D eigenvalue weighted by molar-refractivity contribution is 5.77. The van der Waals surface area contributed by atoms with Gasteiger partial charge in [0.15, 0.2) is 5.65 Å². The molecule has 2 bridgehead atoms. The van der Waals surface area contributed by atoms with Crippen molar-refractivity contribution < 1.29 is 4.74 Å². The van der Waals surface area contributed by atoms with Crippen molar-refractivity contribution >= 4 is 17.1 Å². The van der Waals surface area contributed by atoms with Gasteiger partial charge in [0.05, 0.1) is 23.9 Å². The molecule has 0 amide bonds. The van der Waals surface area contributed by atoms with Gasteiger partial charge in [-0.1, -0.05) is 0 Å². The Morgan fingerprint density at radius 1 is 1.42 bits per heavy atom. The van der Waals surface area contributed by atoms with E-state index in [1.54, 1.807) is 0 Å². The van der Waals surface area contributed by atoms with Crippen molar-refractivity contribution in [3.8, 4) is 0 Å². The van der Waals surface area contributed by atoms with Gasteiger partial charge in [0.1, 0.15) is 5.52 Å². The Balaban J connectivity index is 1.91. The Hall–Kier alpha value is -1.56. The molecule has 0 aliphatic carbocycles. The Labute approximate surface area is 111 Å². The minimum absolute atomic E-state index is 0.296. The number of anilines is 1. The molecule has 19 heavy (non-hydrogen) atoms. The molecule has 2 saturated heterocycles. The molecule has 2 aliphatic rings. The average molecular weight is 261 g/mol. The molecule has 4 heterocycles. The Morgan fingerprint density at radius 3 is 2.89 bits per heavy atom. The summed E-state index contributed by atoms with van der Waals surface area (Å²) >= 11 is 0. The highest BCUT2D eigenvalue weighted by Crippen LogP contribution is 2.44. The summed E-state index contributed by atoms with van der Waals surface area (Å²) in [7, 11) is 0. The highest BCUT2D eigenvalue weighted by atomic mass is 16.5. The van der Waals surface area contributed by atoms with E-state index in [-0.39, 0.29) is 0 Å². The third-order valence-electron chi connectivity index (χ3n) is 4.48. The normalized spacial score (nSPS) is 29.7. The number of nitrogen functional groups attached to an aromatic ring is 1. The minimum Gasteiger partial charge on any atom is -0.373 e. The molecule has 0 saturated carbocycles. The molecule has 2 aliphatic heterocycles. The van der Waals surface area contributed by atoms with Gasteiger partial charge in [0.2, 0.25) is 5.95 Å². The molecule has 3 unspecified atom stereocenters. The average Bonchev–Trinajstić information content (AvgIpc) is 3.11. The van der Waals surface area contributed by atoms with Gasteiger partial charge in [-0.2, -0.15) is 5.10 Å². The van der Waals surface area contributed by atoms with E-state index in [1.165, 1.54) is 6.42 Å². The van der Waals surface area contributed by atoms with Crippen LogP contribution in [-0.2, 0) is 11.3 Å². The summed E-state index contributed by atoms with van der Waals surface area (Å²) < 4.78 is 10.1. The first-order valence-electron chi connectivity index (χ1n) is 7.05. The van der Waals surface area contributed by atoms with Gasteiger partial charge >= 0.3 is 0 Å². The summed E-state index contributed by atoms with van der Waals surface area (Å²) in [6, 6.07) is 0.324. The summed E-state index contributed by atoms with van der Waals surface area (Å²) in [4.78, 5) is 4.51. The summed E-state index contributed by atoms with van der Waals surface area (Å²) in [5.41, 5.74) is 9.09. The molecule has 0 spiro atoms. The number of ether oxygens (including phenoxy) is 1. The predicted molar refractivity (Wildman–Crippen MR) is 71.9 cm³/mol. The van der Waals surface area contributed by atoms with E-state index < -0.39 is 0 Å². The van der Waals surface area contributed by atoms with Crippen LogP contribution in [0.3, 0.4) is 0 Å². The zero-order valence-corrected chi connectivity index (χ0v) is 11.3. The summed E-state index contributed by atoms with van der Waals surface area (Å²) in [5, 5.41) is 4.54. The van der Waals surface area contributed by atoms with E-state index in [2.05, 4.69) is 21.6 Å². The number of imidazole rings is 1. The fourth-order valence-corrected chi connectivity index (χ4v) is 3.64. The molecule has 0 aromatic carbocycles. The molecule has 4 rings (SSSR count). The van der Waals surface area contributed by atoms with Crippen molar-refractivity contribution in [2.45, 2.75) is 57.9 Å². The van der Waals surface area contributed by atoms with Gasteiger partial charge in [-0.05, 0) is 33.1 Å². The fourth-order valence-electron chi connectivity index (χ4n) is 3.64. The monoisotopic (exact) mass is 261 g/mol. The van der Waals surface area contributed by atoms with Crippen molar-refractivity contribution in [3.05, 3.63) is 5.69 Å². The van der Waals surface area contributed by atoms with E-state index in [9.17, 15) is 0 Å². The van der Waals surface area contributed by atoms with E-state index in [0.717, 1.165) is 36.2 Å². The van der Waals surface area contributed by atoms with Crippen LogP contribution in [0.25, 0.3) is 11.2 Å². The third-order valence-corrected chi connectivity index (χ3v) is 4.48. The minimum atomic E-state index is 0.296. The van der Waals surface area contributed by atoms with E-state index in [1.807, 2.05) is 11.6 Å². The molecule has 2 N–H and O–H groups in total. The van der Waals surface area contributed by atoms with Crippen molar-refractivity contribution in [3.63, 3.8) is 0 Å². The number of nitrogens with zero attached hydrogens (tertiary/aromatic N) is 4. The number of hydrogen-bond donors (Lipinski definition) is 1. The van der Waals surface area contributed by atoms with Crippen molar-refractivity contribution in [1.82, 2.24) is 19.3 Å². The lowest BCUT2D eigenvalue weighted by Crippen LogP contribution is -2.23.